The molecule has 5 nitrogen and oxygen atoms in total. The Morgan fingerprint density at radius 2 is 2.15 bits per heavy atom. The van der Waals surface area contributed by atoms with Gasteiger partial charge in [-0.3, -0.25) is 14.2 Å². The average molecular weight is 287 g/mol. The van der Waals surface area contributed by atoms with E-state index in [0.29, 0.717) is 11.3 Å². The van der Waals surface area contributed by atoms with E-state index in [0.717, 1.165) is 34.7 Å². The Bertz CT molecular complexity index is 824. The first kappa shape index (κ1) is 13.1. The first-order valence-electron chi connectivity index (χ1n) is 6.67. The molecule has 0 aliphatic rings. The fourth-order valence-electron chi connectivity index (χ4n) is 2.52. The number of hydrogen-bond donors (Lipinski definition) is 1. The molecule has 3 rings (SSSR count). The van der Waals surface area contributed by atoms with Crippen LogP contribution in [0.15, 0.2) is 18.2 Å². The average Bonchev–Trinajstić information content (AvgIpc) is 2.88. The molecule has 0 amide bonds. The van der Waals surface area contributed by atoms with Crippen LogP contribution in [0.25, 0.3) is 11.2 Å². The molecule has 3 aromatic rings. The van der Waals surface area contributed by atoms with E-state index in [-0.39, 0.29) is 0 Å². The topological polar surface area (TPSA) is 51.4 Å². The molecule has 3 heterocycles. The number of imidazole rings is 1. The summed E-state index contributed by atoms with van der Waals surface area (Å²) in [7, 11) is 1.95. The lowest BCUT2D eigenvalue weighted by molar-refractivity contribution is 0.701. The molecule has 0 bridgehead atoms. The molecule has 20 heavy (non-hydrogen) atoms. The van der Waals surface area contributed by atoms with Crippen LogP contribution in [-0.4, -0.2) is 24.3 Å². The Kier molecular flexibility index (Phi) is 3.17. The summed E-state index contributed by atoms with van der Waals surface area (Å²) in [6, 6.07) is 6.03. The summed E-state index contributed by atoms with van der Waals surface area (Å²) in [5.41, 5.74) is 5.12. The third-order valence-electron chi connectivity index (χ3n) is 3.42. The minimum absolute atomic E-state index is 0.656. The predicted molar refractivity (Wildman–Crippen MR) is 81.3 cm³/mol. The Labute approximate surface area is 122 Å². The van der Waals surface area contributed by atoms with Gasteiger partial charge in [-0.05, 0) is 37.7 Å². The quantitative estimate of drug-likeness (QED) is 0.754. The van der Waals surface area contributed by atoms with Gasteiger partial charge < -0.3 is 4.98 Å². The number of nitrogens with one attached hydrogen (secondary N) is 1. The Morgan fingerprint density at radius 1 is 1.35 bits per heavy atom. The zero-order chi connectivity index (χ0) is 14.3. The highest BCUT2D eigenvalue weighted by Gasteiger charge is 2.14. The minimum Gasteiger partial charge on any atom is -0.328 e. The first-order chi connectivity index (χ1) is 9.60. The van der Waals surface area contributed by atoms with E-state index in [1.807, 2.05) is 36.9 Å². The van der Waals surface area contributed by atoms with Gasteiger partial charge in [0.15, 0.2) is 10.4 Å². The van der Waals surface area contributed by atoms with Crippen molar-refractivity contribution in [1.82, 2.24) is 24.3 Å². The number of rotatable bonds is 3. The molecule has 6 heteroatoms. The maximum absolute atomic E-state index is 5.44. The van der Waals surface area contributed by atoms with Gasteiger partial charge in [-0.25, -0.2) is 0 Å². The maximum atomic E-state index is 5.44. The molecule has 0 aliphatic carbocycles. The van der Waals surface area contributed by atoms with E-state index in [9.17, 15) is 0 Å². The van der Waals surface area contributed by atoms with E-state index in [1.54, 1.807) is 0 Å². The second-order valence-corrected chi connectivity index (χ2v) is 5.30. The van der Waals surface area contributed by atoms with Gasteiger partial charge >= 0.3 is 0 Å². The standard InChI is InChI=1S/C14H17N5S/c1-4-11-12-13(18(3)17-11)19(14(20)16-12)8-10-7-5-6-9(2)15-10/h5-7H,4,8H2,1-3H3,(H,16,20). The van der Waals surface area contributed by atoms with Crippen molar-refractivity contribution in [3.05, 3.63) is 40.1 Å². The number of fused-ring (bicyclic) bond motifs is 1. The summed E-state index contributed by atoms with van der Waals surface area (Å²) >= 11 is 5.44. The molecule has 3 aromatic heterocycles. The summed E-state index contributed by atoms with van der Waals surface area (Å²) in [5, 5.41) is 4.53. The molecular weight excluding hydrogens is 270 g/mol. The molecular formula is C14H17N5S. The van der Waals surface area contributed by atoms with Crippen LogP contribution < -0.4 is 0 Å². The van der Waals surface area contributed by atoms with Crippen LogP contribution in [0.3, 0.4) is 0 Å². The van der Waals surface area contributed by atoms with E-state index >= 15 is 0 Å². The van der Waals surface area contributed by atoms with Crippen LogP contribution in [-0.2, 0) is 20.0 Å². The minimum atomic E-state index is 0.656. The highest BCUT2D eigenvalue weighted by atomic mass is 32.1. The lowest BCUT2D eigenvalue weighted by atomic mass is 10.3. The van der Waals surface area contributed by atoms with E-state index in [1.165, 1.54) is 0 Å². The van der Waals surface area contributed by atoms with Crippen LogP contribution in [0.5, 0.6) is 0 Å². The molecule has 0 atom stereocenters. The fourth-order valence-corrected chi connectivity index (χ4v) is 2.77. The number of aromatic amines is 1. The molecule has 0 saturated heterocycles. The second-order valence-electron chi connectivity index (χ2n) is 4.91. The van der Waals surface area contributed by atoms with Crippen molar-refractivity contribution in [3.8, 4) is 0 Å². The molecule has 0 spiro atoms. The summed E-state index contributed by atoms with van der Waals surface area (Å²) < 4.78 is 4.65. The van der Waals surface area contributed by atoms with E-state index in [2.05, 4.69) is 26.6 Å². The fraction of sp³-hybridized carbons (Fsp3) is 0.357. The smallest absolute Gasteiger partial charge is 0.179 e. The van der Waals surface area contributed by atoms with Gasteiger partial charge in [-0.15, -0.1) is 0 Å². The van der Waals surface area contributed by atoms with Crippen molar-refractivity contribution in [2.24, 2.45) is 7.05 Å². The van der Waals surface area contributed by atoms with Crippen LogP contribution >= 0.6 is 12.2 Å². The number of pyridine rings is 1. The SMILES string of the molecule is CCc1nn(C)c2c1[nH]c(=S)n2Cc1cccc(C)n1. The van der Waals surface area contributed by atoms with Crippen LogP contribution in [0.1, 0.15) is 24.0 Å². The molecule has 104 valence electrons. The summed E-state index contributed by atoms with van der Waals surface area (Å²) in [6.07, 6.45) is 0.884. The van der Waals surface area contributed by atoms with Gasteiger partial charge in [0.2, 0.25) is 0 Å². The van der Waals surface area contributed by atoms with Gasteiger partial charge in [0.05, 0.1) is 17.9 Å². The third kappa shape index (κ3) is 2.06. The van der Waals surface area contributed by atoms with Crippen molar-refractivity contribution in [2.75, 3.05) is 0 Å². The molecule has 0 aromatic carbocycles. The number of aryl methyl sites for hydroxylation is 3. The van der Waals surface area contributed by atoms with Gasteiger partial charge in [-0.1, -0.05) is 13.0 Å². The van der Waals surface area contributed by atoms with E-state index < -0.39 is 0 Å². The zero-order valence-corrected chi connectivity index (χ0v) is 12.7. The number of H-pyrrole nitrogens is 1. The van der Waals surface area contributed by atoms with Crippen molar-refractivity contribution >= 4 is 23.4 Å². The van der Waals surface area contributed by atoms with Crippen LogP contribution in [0.2, 0.25) is 0 Å². The highest BCUT2D eigenvalue weighted by Crippen LogP contribution is 2.19. The van der Waals surface area contributed by atoms with Crippen molar-refractivity contribution in [2.45, 2.75) is 26.8 Å². The predicted octanol–water partition coefficient (Wildman–Crippen LogP) is 2.75. The second kappa shape index (κ2) is 4.86. The molecule has 0 radical (unpaired) electrons. The maximum Gasteiger partial charge on any atom is 0.179 e. The summed E-state index contributed by atoms with van der Waals surface area (Å²) in [6.45, 7) is 4.75. The van der Waals surface area contributed by atoms with Gasteiger partial charge in [-0.2, -0.15) is 5.10 Å². The molecule has 0 unspecified atom stereocenters. The lowest BCUT2D eigenvalue weighted by Crippen LogP contribution is -2.06. The zero-order valence-electron chi connectivity index (χ0n) is 11.8. The van der Waals surface area contributed by atoms with Gasteiger partial charge in [0, 0.05) is 12.7 Å². The first-order valence-corrected chi connectivity index (χ1v) is 7.08. The van der Waals surface area contributed by atoms with Crippen molar-refractivity contribution < 1.29 is 0 Å². The summed E-state index contributed by atoms with van der Waals surface area (Å²) in [5.74, 6) is 0. The van der Waals surface area contributed by atoms with Crippen molar-refractivity contribution in [3.63, 3.8) is 0 Å². The number of aromatic nitrogens is 5. The van der Waals surface area contributed by atoms with E-state index in [4.69, 9.17) is 12.2 Å². The van der Waals surface area contributed by atoms with Gasteiger partial charge in [0.1, 0.15) is 5.52 Å². The normalized spacial score (nSPS) is 11.3. The Hall–Kier alpha value is -1.95. The Balaban J connectivity index is 2.14. The number of nitrogens with zero attached hydrogens (tertiary/aromatic N) is 4. The third-order valence-corrected chi connectivity index (χ3v) is 3.75. The summed E-state index contributed by atoms with van der Waals surface area (Å²) in [4.78, 5) is 7.81. The van der Waals surface area contributed by atoms with Gasteiger partial charge in [0.25, 0.3) is 0 Å². The largest absolute Gasteiger partial charge is 0.328 e. The molecule has 0 fully saturated rings. The monoisotopic (exact) mass is 287 g/mol. The van der Waals surface area contributed by atoms with Crippen molar-refractivity contribution in [1.29, 1.82) is 0 Å². The number of hydrogen-bond acceptors (Lipinski definition) is 3. The molecule has 0 aliphatic heterocycles. The molecule has 0 saturated carbocycles. The Morgan fingerprint density at radius 3 is 2.85 bits per heavy atom. The van der Waals surface area contributed by atoms with Crippen LogP contribution in [0, 0.1) is 11.7 Å². The highest BCUT2D eigenvalue weighted by molar-refractivity contribution is 7.71. The lowest BCUT2D eigenvalue weighted by Gasteiger charge is -2.05. The molecule has 1 N–H and O–H groups in total. The van der Waals surface area contributed by atoms with Crippen LogP contribution in [0.4, 0.5) is 0 Å².